The lowest BCUT2D eigenvalue weighted by Gasteiger charge is -2.11. The zero-order valence-electron chi connectivity index (χ0n) is 14.9. The molecule has 2 aromatic rings. The molecule has 0 heterocycles. The average molecular weight is 371 g/mol. The minimum Gasteiger partial charge on any atom is -0.465 e. The quantitative estimate of drug-likeness (QED) is 0.635. The van der Waals surface area contributed by atoms with Crippen LogP contribution in [-0.4, -0.2) is 38.0 Å². The van der Waals surface area contributed by atoms with E-state index >= 15 is 0 Å². The highest BCUT2D eigenvalue weighted by atomic mass is 16.5. The number of hydrogen-bond acceptors (Lipinski definition) is 7. The number of nitrogens with one attached hydrogen (secondary N) is 1. The van der Waals surface area contributed by atoms with Gasteiger partial charge in [0.25, 0.3) is 5.91 Å². The number of anilines is 1. The van der Waals surface area contributed by atoms with E-state index in [0.717, 1.165) is 0 Å². The van der Waals surface area contributed by atoms with E-state index in [1.54, 1.807) is 0 Å². The van der Waals surface area contributed by atoms with Crippen molar-refractivity contribution in [2.45, 2.75) is 6.92 Å². The molecule has 1 N–H and O–H groups in total. The Kier molecular flexibility index (Phi) is 6.27. The van der Waals surface area contributed by atoms with E-state index in [-0.39, 0.29) is 22.4 Å². The summed E-state index contributed by atoms with van der Waals surface area (Å²) in [6.07, 6.45) is 0. The maximum Gasteiger partial charge on any atom is 0.339 e. The second kappa shape index (κ2) is 8.61. The summed E-state index contributed by atoms with van der Waals surface area (Å²) >= 11 is 0. The smallest absolute Gasteiger partial charge is 0.339 e. The number of hydrogen-bond donors (Lipinski definition) is 1. The molecule has 0 saturated carbocycles. The third-order valence-corrected chi connectivity index (χ3v) is 3.47. The molecule has 2 aromatic carbocycles. The summed E-state index contributed by atoms with van der Waals surface area (Å²) in [5.74, 6) is -2.01. The second-order valence-electron chi connectivity index (χ2n) is 5.32. The molecule has 0 fully saturated rings. The third kappa shape index (κ3) is 4.91. The van der Waals surface area contributed by atoms with Gasteiger partial charge in [-0.05, 0) is 42.5 Å². The molecule has 8 heteroatoms. The van der Waals surface area contributed by atoms with Gasteiger partial charge in [-0.15, -0.1) is 0 Å². The number of benzene rings is 2. The Bertz CT molecular complexity index is 887. The lowest BCUT2D eigenvalue weighted by Crippen LogP contribution is -2.16. The van der Waals surface area contributed by atoms with Gasteiger partial charge in [-0.2, -0.15) is 0 Å². The average Bonchev–Trinajstić information content (AvgIpc) is 2.66. The van der Waals surface area contributed by atoms with Gasteiger partial charge in [0.1, 0.15) is 5.75 Å². The Morgan fingerprint density at radius 3 is 1.96 bits per heavy atom. The van der Waals surface area contributed by atoms with E-state index in [1.807, 2.05) is 0 Å². The van der Waals surface area contributed by atoms with Crippen molar-refractivity contribution in [2.24, 2.45) is 0 Å². The fourth-order valence-electron chi connectivity index (χ4n) is 2.22. The molecule has 0 unspecified atom stereocenters. The zero-order valence-corrected chi connectivity index (χ0v) is 14.9. The van der Waals surface area contributed by atoms with Gasteiger partial charge in [-0.1, -0.05) is 0 Å². The molecule has 0 aromatic heterocycles. The Balaban J connectivity index is 2.30. The third-order valence-electron chi connectivity index (χ3n) is 3.47. The van der Waals surface area contributed by atoms with Gasteiger partial charge < -0.3 is 19.5 Å². The van der Waals surface area contributed by atoms with Crippen molar-refractivity contribution >= 4 is 29.5 Å². The van der Waals surface area contributed by atoms with Gasteiger partial charge in [0.15, 0.2) is 0 Å². The van der Waals surface area contributed by atoms with E-state index in [0.29, 0.717) is 5.75 Å². The molecule has 0 radical (unpaired) electrons. The summed E-state index contributed by atoms with van der Waals surface area (Å²) in [4.78, 5) is 47.0. The first kappa shape index (κ1) is 19.6. The highest BCUT2D eigenvalue weighted by Crippen LogP contribution is 2.21. The number of ether oxygens (including phenoxy) is 3. The summed E-state index contributed by atoms with van der Waals surface area (Å²) < 4.78 is 14.2. The van der Waals surface area contributed by atoms with Crippen molar-refractivity contribution < 1.29 is 33.4 Å². The zero-order chi connectivity index (χ0) is 20.0. The van der Waals surface area contributed by atoms with Gasteiger partial charge >= 0.3 is 17.9 Å². The highest BCUT2D eigenvalue weighted by molar-refractivity contribution is 6.09. The van der Waals surface area contributed by atoms with Crippen LogP contribution in [0, 0.1) is 0 Å². The number of methoxy groups -OCH3 is 2. The van der Waals surface area contributed by atoms with Crippen LogP contribution in [0.2, 0.25) is 0 Å². The summed E-state index contributed by atoms with van der Waals surface area (Å²) in [6.45, 7) is 1.27. The second-order valence-corrected chi connectivity index (χ2v) is 5.32. The molecule has 2 rings (SSSR count). The Morgan fingerprint density at radius 2 is 1.41 bits per heavy atom. The topological polar surface area (TPSA) is 108 Å². The Morgan fingerprint density at radius 1 is 0.815 bits per heavy atom. The van der Waals surface area contributed by atoms with Crippen LogP contribution in [0.3, 0.4) is 0 Å². The molecule has 27 heavy (non-hydrogen) atoms. The summed E-state index contributed by atoms with van der Waals surface area (Å²) in [6, 6.07) is 9.90. The Labute approximate surface area is 155 Å². The van der Waals surface area contributed by atoms with Gasteiger partial charge in [0.05, 0.1) is 31.0 Å². The monoisotopic (exact) mass is 371 g/mol. The SMILES string of the molecule is COC(=O)c1ccc(C(=O)OC)c(NC(=O)c2ccc(OC(C)=O)cc2)c1. The van der Waals surface area contributed by atoms with Crippen LogP contribution in [0.4, 0.5) is 5.69 Å². The lowest BCUT2D eigenvalue weighted by atomic mass is 10.1. The fraction of sp³-hybridized carbons (Fsp3) is 0.158. The summed E-state index contributed by atoms with van der Waals surface area (Å²) in [5.41, 5.74) is 0.588. The molecule has 140 valence electrons. The van der Waals surface area contributed by atoms with E-state index < -0.39 is 23.8 Å². The molecular weight excluding hydrogens is 354 g/mol. The van der Waals surface area contributed by atoms with Crippen LogP contribution in [0.25, 0.3) is 0 Å². The number of amides is 1. The predicted octanol–water partition coefficient (Wildman–Crippen LogP) is 2.44. The Hall–Kier alpha value is -3.68. The van der Waals surface area contributed by atoms with Crippen LogP contribution < -0.4 is 10.1 Å². The number of rotatable bonds is 5. The van der Waals surface area contributed by atoms with Gasteiger partial charge in [0.2, 0.25) is 0 Å². The number of carbonyl (C=O) groups is 4. The molecule has 0 saturated heterocycles. The molecule has 8 nitrogen and oxygen atoms in total. The maximum absolute atomic E-state index is 12.5. The number of esters is 3. The van der Waals surface area contributed by atoms with Crippen LogP contribution in [0.1, 0.15) is 38.0 Å². The number of carbonyl (C=O) groups excluding carboxylic acids is 4. The molecule has 0 spiro atoms. The minimum atomic E-state index is -0.674. The molecule has 1 amide bonds. The highest BCUT2D eigenvalue weighted by Gasteiger charge is 2.18. The minimum absolute atomic E-state index is 0.0787. The summed E-state index contributed by atoms with van der Waals surface area (Å²) in [5, 5.41) is 2.57. The molecule has 0 aliphatic carbocycles. The lowest BCUT2D eigenvalue weighted by molar-refractivity contribution is -0.131. The van der Waals surface area contributed by atoms with Crippen molar-refractivity contribution in [2.75, 3.05) is 19.5 Å². The van der Waals surface area contributed by atoms with Crippen molar-refractivity contribution in [1.29, 1.82) is 0 Å². The maximum atomic E-state index is 12.5. The molecule has 0 bridgehead atoms. The van der Waals surface area contributed by atoms with Crippen molar-refractivity contribution in [3.8, 4) is 5.75 Å². The van der Waals surface area contributed by atoms with E-state index in [1.165, 1.54) is 63.6 Å². The van der Waals surface area contributed by atoms with Crippen LogP contribution >= 0.6 is 0 Å². The van der Waals surface area contributed by atoms with Crippen LogP contribution in [0.5, 0.6) is 5.75 Å². The molecule has 0 aliphatic rings. The fourth-order valence-corrected chi connectivity index (χ4v) is 2.22. The molecule has 0 atom stereocenters. The first-order chi connectivity index (χ1) is 12.8. The van der Waals surface area contributed by atoms with Gasteiger partial charge in [-0.3, -0.25) is 9.59 Å². The van der Waals surface area contributed by atoms with Crippen LogP contribution in [-0.2, 0) is 14.3 Å². The molecular formula is C19H17NO7. The standard InChI is InChI=1S/C19H17NO7/c1-11(21)27-14-7-4-12(5-8-14)17(22)20-16-10-13(18(23)25-2)6-9-15(16)19(24)26-3/h4-10H,1-3H3,(H,20,22). The van der Waals surface area contributed by atoms with E-state index in [4.69, 9.17) is 4.74 Å². The van der Waals surface area contributed by atoms with Crippen molar-refractivity contribution in [3.63, 3.8) is 0 Å². The molecule has 0 aliphatic heterocycles. The van der Waals surface area contributed by atoms with Gasteiger partial charge in [0, 0.05) is 12.5 Å². The van der Waals surface area contributed by atoms with Crippen molar-refractivity contribution in [1.82, 2.24) is 0 Å². The summed E-state index contributed by atoms with van der Waals surface area (Å²) in [7, 11) is 2.43. The predicted molar refractivity (Wildman–Crippen MR) is 94.8 cm³/mol. The van der Waals surface area contributed by atoms with Crippen molar-refractivity contribution in [3.05, 3.63) is 59.2 Å². The van der Waals surface area contributed by atoms with E-state index in [2.05, 4.69) is 14.8 Å². The first-order valence-electron chi connectivity index (χ1n) is 7.76. The van der Waals surface area contributed by atoms with E-state index in [9.17, 15) is 19.2 Å². The first-order valence-corrected chi connectivity index (χ1v) is 7.76. The largest absolute Gasteiger partial charge is 0.465 e. The van der Waals surface area contributed by atoms with Crippen LogP contribution in [0.15, 0.2) is 42.5 Å². The normalized spacial score (nSPS) is 9.89. The van der Waals surface area contributed by atoms with Gasteiger partial charge in [-0.25, -0.2) is 9.59 Å².